The second-order valence-electron chi connectivity index (χ2n) is 5.77. The van der Waals surface area contributed by atoms with E-state index in [9.17, 15) is 4.79 Å². The van der Waals surface area contributed by atoms with Crippen LogP contribution >= 0.6 is 0 Å². The van der Waals surface area contributed by atoms with Crippen molar-refractivity contribution in [3.05, 3.63) is 47.8 Å². The molecule has 4 N–H and O–H groups in total. The Morgan fingerprint density at radius 2 is 1.48 bits per heavy atom. The largest absolute Gasteiger partial charge is 0.493 e. The zero-order chi connectivity index (χ0) is 23.2. The van der Waals surface area contributed by atoms with E-state index in [1.165, 1.54) is 0 Å². The van der Waals surface area contributed by atoms with Crippen LogP contribution in [0.25, 0.3) is 0 Å². The highest BCUT2D eigenvalue weighted by molar-refractivity contribution is 6.27. The van der Waals surface area contributed by atoms with Crippen LogP contribution in [0.2, 0.25) is 0 Å². The zero-order valence-electron chi connectivity index (χ0n) is 17.4. The molecule has 0 unspecified atom stereocenters. The minimum absolute atomic E-state index is 0.118. The molecule has 11 nitrogen and oxygen atoms in total. The highest BCUT2D eigenvalue weighted by atomic mass is 16.5. The number of ether oxygens (including phenoxy) is 3. The molecule has 0 radical (unpaired) electrons. The third-order valence-electron chi connectivity index (χ3n) is 3.81. The molecule has 11 heteroatoms. The molecule has 0 atom stereocenters. The summed E-state index contributed by atoms with van der Waals surface area (Å²) >= 11 is 0. The lowest BCUT2D eigenvalue weighted by atomic mass is 10.1. The van der Waals surface area contributed by atoms with Crippen LogP contribution in [0.3, 0.4) is 0 Å². The minimum Gasteiger partial charge on any atom is -0.493 e. The summed E-state index contributed by atoms with van der Waals surface area (Å²) in [6.45, 7) is 1.71. The molecule has 0 spiro atoms. The van der Waals surface area contributed by atoms with Crippen LogP contribution in [0, 0.1) is 0 Å². The van der Waals surface area contributed by atoms with E-state index in [1.807, 2.05) is 12.1 Å². The van der Waals surface area contributed by atoms with E-state index in [-0.39, 0.29) is 5.91 Å². The highest BCUT2D eigenvalue weighted by Gasteiger charge is 2.15. The molecule has 0 aliphatic carbocycles. The molecular weight excluding hydrogens is 410 g/mol. The van der Waals surface area contributed by atoms with Gasteiger partial charge in [-0.25, -0.2) is 9.59 Å². The number of hydrogen-bond donors (Lipinski definition) is 4. The molecule has 31 heavy (non-hydrogen) atoms. The number of nitrogens with one attached hydrogen (secondary N) is 2. The van der Waals surface area contributed by atoms with Crippen molar-refractivity contribution in [3.8, 4) is 17.2 Å². The maximum atomic E-state index is 11.9. The number of amides is 1. The summed E-state index contributed by atoms with van der Waals surface area (Å²) in [6, 6.07) is 7.11. The third-order valence-corrected chi connectivity index (χ3v) is 3.81. The van der Waals surface area contributed by atoms with Crippen molar-refractivity contribution in [2.75, 3.05) is 34.4 Å². The Bertz CT molecular complexity index is 862. The maximum absolute atomic E-state index is 11.9. The van der Waals surface area contributed by atoms with Gasteiger partial charge in [-0.1, -0.05) is 6.07 Å². The fourth-order valence-corrected chi connectivity index (χ4v) is 2.40. The van der Waals surface area contributed by atoms with Crippen LogP contribution in [0.15, 0.2) is 36.7 Å². The van der Waals surface area contributed by atoms with Crippen LogP contribution in [-0.2, 0) is 16.1 Å². The van der Waals surface area contributed by atoms with Gasteiger partial charge in [-0.05, 0) is 18.2 Å². The second kappa shape index (κ2) is 13.4. The Labute approximate surface area is 179 Å². The number of nitrogens with zero attached hydrogens (tertiary/aromatic N) is 1. The lowest BCUT2D eigenvalue weighted by Crippen LogP contribution is -2.31. The number of methoxy groups -OCH3 is 3. The van der Waals surface area contributed by atoms with Gasteiger partial charge in [0, 0.05) is 43.2 Å². The summed E-state index contributed by atoms with van der Waals surface area (Å²) in [5.41, 5.74) is 1.54. The Hall–Kier alpha value is -3.86. The summed E-state index contributed by atoms with van der Waals surface area (Å²) in [5.74, 6) is -1.95. The van der Waals surface area contributed by atoms with Gasteiger partial charge in [0.25, 0.3) is 5.91 Å². The number of aliphatic carboxylic acids is 2. The molecule has 2 aromatic rings. The lowest BCUT2D eigenvalue weighted by Gasteiger charge is -2.16. The number of carboxylic acids is 2. The van der Waals surface area contributed by atoms with Crippen LogP contribution in [0.4, 0.5) is 0 Å². The maximum Gasteiger partial charge on any atom is 0.414 e. The first-order chi connectivity index (χ1) is 14.8. The topological polar surface area (TPSA) is 156 Å². The molecule has 2 rings (SSSR count). The standard InChI is InChI=1S/C18H23N3O4.C2H2O4/c1-23-15-5-4-14(16(24-2)17(15)25-3)12-20-10-11-21-18(22)13-6-8-19-9-7-13;3-1(4)2(5)6/h4-9,20H,10-12H2,1-3H3,(H,21,22);(H,3,4)(H,5,6). The van der Waals surface area contributed by atoms with Crippen molar-refractivity contribution in [2.24, 2.45) is 0 Å². The number of carbonyl (C=O) groups excluding carboxylic acids is 1. The summed E-state index contributed by atoms with van der Waals surface area (Å²) in [4.78, 5) is 34.0. The van der Waals surface area contributed by atoms with E-state index >= 15 is 0 Å². The summed E-state index contributed by atoms with van der Waals surface area (Å²) in [6.07, 6.45) is 3.19. The first kappa shape index (κ1) is 25.2. The molecule has 168 valence electrons. The molecule has 0 saturated heterocycles. The van der Waals surface area contributed by atoms with Gasteiger partial charge < -0.3 is 35.1 Å². The van der Waals surface area contributed by atoms with Crippen molar-refractivity contribution in [3.63, 3.8) is 0 Å². The highest BCUT2D eigenvalue weighted by Crippen LogP contribution is 2.39. The second-order valence-corrected chi connectivity index (χ2v) is 5.77. The van der Waals surface area contributed by atoms with Gasteiger partial charge in [-0.3, -0.25) is 9.78 Å². The molecule has 1 heterocycles. The molecule has 0 bridgehead atoms. The van der Waals surface area contributed by atoms with Gasteiger partial charge in [0.1, 0.15) is 0 Å². The summed E-state index contributed by atoms with van der Waals surface area (Å²) < 4.78 is 16.1. The SMILES string of the molecule is COc1ccc(CNCCNC(=O)c2ccncc2)c(OC)c1OC.O=C(O)C(=O)O. The number of aromatic nitrogens is 1. The smallest absolute Gasteiger partial charge is 0.414 e. The van der Waals surface area contributed by atoms with Crippen molar-refractivity contribution in [1.82, 2.24) is 15.6 Å². The molecule has 1 amide bonds. The third kappa shape index (κ3) is 8.19. The Balaban J connectivity index is 0.000000703. The Morgan fingerprint density at radius 3 is 2.00 bits per heavy atom. The lowest BCUT2D eigenvalue weighted by molar-refractivity contribution is -0.159. The quantitative estimate of drug-likeness (QED) is 0.328. The van der Waals surface area contributed by atoms with Crippen molar-refractivity contribution >= 4 is 17.8 Å². The fraction of sp³-hybridized carbons (Fsp3) is 0.300. The van der Waals surface area contributed by atoms with Gasteiger partial charge in [-0.2, -0.15) is 0 Å². The van der Waals surface area contributed by atoms with Crippen LogP contribution in [-0.4, -0.2) is 67.5 Å². The first-order valence-electron chi connectivity index (χ1n) is 8.98. The average molecular weight is 435 g/mol. The number of benzene rings is 1. The number of hydrogen-bond acceptors (Lipinski definition) is 8. The molecule has 1 aromatic heterocycles. The van der Waals surface area contributed by atoms with Crippen LogP contribution < -0.4 is 24.8 Å². The molecule has 1 aromatic carbocycles. The number of rotatable bonds is 9. The fourth-order valence-electron chi connectivity index (χ4n) is 2.40. The van der Waals surface area contributed by atoms with Gasteiger partial charge >= 0.3 is 11.9 Å². The van der Waals surface area contributed by atoms with Gasteiger partial charge in [0.05, 0.1) is 21.3 Å². The first-order valence-corrected chi connectivity index (χ1v) is 8.98. The molecule has 0 saturated carbocycles. The normalized spacial score (nSPS) is 9.65. The van der Waals surface area contributed by atoms with E-state index in [1.54, 1.807) is 45.9 Å². The average Bonchev–Trinajstić information content (AvgIpc) is 2.78. The van der Waals surface area contributed by atoms with Crippen molar-refractivity contribution < 1.29 is 38.8 Å². The molecular formula is C20H25N3O8. The number of carboxylic acid groups (broad SMARTS) is 2. The van der Waals surface area contributed by atoms with E-state index in [4.69, 9.17) is 34.0 Å². The van der Waals surface area contributed by atoms with Crippen molar-refractivity contribution in [2.45, 2.75) is 6.54 Å². The van der Waals surface area contributed by atoms with E-state index in [0.29, 0.717) is 42.4 Å². The Kier molecular flexibility index (Phi) is 10.9. The molecule has 0 fully saturated rings. The van der Waals surface area contributed by atoms with Gasteiger partial charge in [0.2, 0.25) is 5.75 Å². The number of carbonyl (C=O) groups is 3. The molecule has 0 aliphatic rings. The monoisotopic (exact) mass is 435 g/mol. The summed E-state index contributed by atoms with van der Waals surface area (Å²) in [7, 11) is 4.75. The Morgan fingerprint density at radius 1 is 0.871 bits per heavy atom. The number of pyridine rings is 1. The van der Waals surface area contributed by atoms with Crippen molar-refractivity contribution in [1.29, 1.82) is 0 Å². The predicted molar refractivity (Wildman–Crippen MR) is 110 cm³/mol. The van der Waals surface area contributed by atoms with Gasteiger partial charge in [-0.15, -0.1) is 0 Å². The zero-order valence-corrected chi connectivity index (χ0v) is 17.4. The van der Waals surface area contributed by atoms with Crippen LogP contribution in [0.5, 0.6) is 17.2 Å². The van der Waals surface area contributed by atoms with E-state index in [0.717, 1.165) is 5.56 Å². The van der Waals surface area contributed by atoms with E-state index < -0.39 is 11.9 Å². The predicted octanol–water partition coefficient (Wildman–Crippen LogP) is 0.783. The molecule has 0 aliphatic heterocycles. The van der Waals surface area contributed by atoms with Gasteiger partial charge in [0.15, 0.2) is 11.5 Å². The minimum atomic E-state index is -1.82. The summed E-state index contributed by atoms with van der Waals surface area (Å²) in [5, 5.41) is 20.9. The van der Waals surface area contributed by atoms with Crippen LogP contribution in [0.1, 0.15) is 15.9 Å². The van der Waals surface area contributed by atoms with E-state index in [2.05, 4.69) is 15.6 Å².